The van der Waals surface area contributed by atoms with E-state index in [4.69, 9.17) is 9.31 Å². The van der Waals surface area contributed by atoms with Crippen molar-refractivity contribution in [3.63, 3.8) is 0 Å². The summed E-state index contributed by atoms with van der Waals surface area (Å²) in [4.78, 5) is 0. The fourth-order valence-corrected chi connectivity index (χ4v) is 1.76. The zero-order valence-electron chi connectivity index (χ0n) is 5.72. The van der Waals surface area contributed by atoms with Crippen LogP contribution in [-0.2, 0) is 9.31 Å². The molecule has 0 spiro atoms. The van der Waals surface area contributed by atoms with Gasteiger partial charge >= 0.3 is 6.55 Å². The van der Waals surface area contributed by atoms with Gasteiger partial charge in [-0.15, -0.1) is 0 Å². The Labute approximate surface area is 55.5 Å². The summed E-state index contributed by atoms with van der Waals surface area (Å²) in [6.07, 6.45) is 2.27. The molecule has 0 aromatic carbocycles. The molecule has 3 heteroatoms. The van der Waals surface area contributed by atoms with Crippen molar-refractivity contribution in [3.05, 3.63) is 5.82 Å². The Kier molecular flexibility index (Phi) is 1.05. The van der Waals surface area contributed by atoms with Crippen molar-refractivity contribution in [2.45, 2.75) is 19.7 Å². The molecular formula is C6H11BO2. The van der Waals surface area contributed by atoms with Crippen LogP contribution in [0.1, 0.15) is 12.8 Å². The van der Waals surface area contributed by atoms with Crippen LogP contribution in [0, 0.1) is 5.82 Å². The molecule has 2 saturated heterocycles. The van der Waals surface area contributed by atoms with Crippen LogP contribution in [0.5, 0.6) is 0 Å². The molecule has 0 aromatic heterocycles. The summed E-state index contributed by atoms with van der Waals surface area (Å²) in [6.45, 7) is 2.95. The van der Waals surface area contributed by atoms with Crippen molar-refractivity contribution in [1.29, 1.82) is 0 Å². The van der Waals surface area contributed by atoms with E-state index in [0.717, 1.165) is 26.1 Å². The van der Waals surface area contributed by atoms with E-state index in [9.17, 15) is 0 Å². The third-order valence-electron chi connectivity index (χ3n) is 2.46. The summed E-state index contributed by atoms with van der Waals surface area (Å²) in [5.41, 5.74) is 0. The highest BCUT2D eigenvalue weighted by Gasteiger charge is 2.51. The third-order valence-corrected chi connectivity index (χ3v) is 2.46. The highest BCUT2D eigenvalue weighted by atomic mass is 16.6. The topological polar surface area (TPSA) is 18.5 Å². The van der Waals surface area contributed by atoms with Gasteiger partial charge in [-0.1, -0.05) is 6.82 Å². The number of fused-ring (bicyclic) bond motifs is 1. The van der Waals surface area contributed by atoms with Crippen LogP contribution in [0.3, 0.4) is 0 Å². The Hall–Kier alpha value is -0.145. The molecule has 2 rings (SSSR count). The second-order valence-electron chi connectivity index (χ2n) is 2.99. The molecule has 0 N–H and O–H groups in total. The van der Waals surface area contributed by atoms with Crippen molar-refractivity contribution < 1.29 is 9.31 Å². The van der Waals surface area contributed by atoms with Gasteiger partial charge in [0.15, 0.2) is 0 Å². The zero-order valence-corrected chi connectivity index (χ0v) is 5.72. The molecule has 9 heavy (non-hydrogen) atoms. The molecule has 50 valence electrons. The molecule has 0 bridgehead atoms. The molecule has 2 fully saturated rings. The van der Waals surface area contributed by atoms with Crippen LogP contribution >= 0.6 is 0 Å². The van der Waals surface area contributed by atoms with E-state index in [1.807, 2.05) is 0 Å². The van der Waals surface area contributed by atoms with Crippen LogP contribution in [0.25, 0.3) is 0 Å². The normalized spacial score (nSPS) is 31.0. The smallest absolute Gasteiger partial charge is 0.447 e. The van der Waals surface area contributed by atoms with E-state index in [2.05, 4.69) is 6.82 Å². The summed E-state index contributed by atoms with van der Waals surface area (Å²) in [7, 11) is 0. The molecule has 0 saturated carbocycles. The van der Waals surface area contributed by atoms with E-state index in [1.54, 1.807) is 0 Å². The van der Waals surface area contributed by atoms with E-state index < -0.39 is 6.55 Å². The quantitative estimate of drug-likeness (QED) is 0.356. The SMILES string of the molecule is C[B-]12OCC[C+]1CCO2. The van der Waals surface area contributed by atoms with E-state index >= 15 is 0 Å². The number of hydrogen-bond donors (Lipinski definition) is 0. The standard InChI is InChI=1S/C6H11BO2/c1-7-6(2-4-8-7)3-5-9-7/h2-5H2,1H3. The molecule has 0 aliphatic carbocycles. The molecule has 0 amide bonds. The Morgan fingerprint density at radius 1 is 1.22 bits per heavy atom. The summed E-state index contributed by atoms with van der Waals surface area (Å²) in [5.74, 6) is 1.51. The molecule has 2 nitrogen and oxygen atoms in total. The first-order valence-electron chi connectivity index (χ1n) is 3.62. The first-order chi connectivity index (χ1) is 4.31. The van der Waals surface area contributed by atoms with Crippen LogP contribution in [0.4, 0.5) is 0 Å². The van der Waals surface area contributed by atoms with Gasteiger partial charge in [0.05, 0.1) is 12.8 Å². The average Bonchev–Trinajstić information content (AvgIpc) is 2.22. The second kappa shape index (κ2) is 1.67. The van der Waals surface area contributed by atoms with Crippen LogP contribution in [0.2, 0.25) is 6.82 Å². The lowest BCUT2D eigenvalue weighted by Gasteiger charge is -2.18. The lowest BCUT2D eigenvalue weighted by Crippen LogP contribution is -2.34. The van der Waals surface area contributed by atoms with Crippen molar-refractivity contribution in [3.8, 4) is 0 Å². The molecule has 0 aromatic rings. The van der Waals surface area contributed by atoms with E-state index in [0.29, 0.717) is 0 Å². The molecule has 2 heterocycles. The summed E-state index contributed by atoms with van der Waals surface area (Å²) in [6, 6.07) is 0. The van der Waals surface area contributed by atoms with E-state index in [1.165, 1.54) is 5.82 Å². The molecule has 0 atom stereocenters. The largest absolute Gasteiger partial charge is 0.523 e. The first-order valence-corrected chi connectivity index (χ1v) is 3.62. The summed E-state index contributed by atoms with van der Waals surface area (Å²) < 4.78 is 10.9. The number of rotatable bonds is 0. The molecule has 0 radical (unpaired) electrons. The summed E-state index contributed by atoms with van der Waals surface area (Å²) >= 11 is 0. The van der Waals surface area contributed by atoms with Gasteiger partial charge in [-0.3, -0.25) is 0 Å². The first kappa shape index (κ1) is 5.63. The third kappa shape index (κ3) is 0.683. The van der Waals surface area contributed by atoms with Gasteiger partial charge < -0.3 is 9.31 Å². The fourth-order valence-electron chi connectivity index (χ4n) is 1.76. The zero-order chi connectivity index (χ0) is 6.32. The number of hydrogen-bond acceptors (Lipinski definition) is 2. The van der Waals surface area contributed by atoms with Crippen molar-refractivity contribution in [2.75, 3.05) is 13.2 Å². The van der Waals surface area contributed by atoms with Crippen molar-refractivity contribution >= 4 is 6.55 Å². The van der Waals surface area contributed by atoms with Gasteiger partial charge in [-0.2, -0.15) is 0 Å². The lowest BCUT2D eigenvalue weighted by molar-refractivity contribution is 0.219. The maximum absolute atomic E-state index is 5.47. The van der Waals surface area contributed by atoms with Gasteiger partial charge in [0.1, 0.15) is 0 Å². The van der Waals surface area contributed by atoms with Gasteiger partial charge in [-0.05, 0) is 5.82 Å². The Morgan fingerprint density at radius 2 is 1.78 bits per heavy atom. The average molecular weight is 126 g/mol. The van der Waals surface area contributed by atoms with Crippen LogP contribution in [0.15, 0.2) is 0 Å². The molecular weight excluding hydrogens is 115 g/mol. The van der Waals surface area contributed by atoms with Crippen molar-refractivity contribution in [1.82, 2.24) is 0 Å². The predicted octanol–water partition coefficient (Wildman–Crippen LogP) is 1.01. The van der Waals surface area contributed by atoms with Crippen LogP contribution < -0.4 is 0 Å². The lowest BCUT2D eigenvalue weighted by atomic mass is 9.51. The van der Waals surface area contributed by atoms with Gasteiger partial charge in [-0.25, -0.2) is 0 Å². The fraction of sp³-hybridized carbons (Fsp3) is 0.833. The molecule has 0 unspecified atom stereocenters. The monoisotopic (exact) mass is 126 g/mol. The molecule has 2 aliphatic rings. The van der Waals surface area contributed by atoms with Gasteiger partial charge in [0.2, 0.25) is 0 Å². The Bertz CT molecular complexity index is 116. The summed E-state index contributed by atoms with van der Waals surface area (Å²) in [5, 5.41) is 0. The maximum Gasteiger partial charge on any atom is 0.447 e. The Balaban J connectivity index is 2.17. The second-order valence-corrected chi connectivity index (χ2v) is 2.99. The minimum Gasteiger partial charge on any atom is -0.523 e. The van der Waals surface area contributed by atoms with Gasteiger partial charge in [0.25, 0.3) is 0 Å². The van der Waals surface area contributed by atoms with Crippen LogP contribution in [-0.4, -0.2) is 19.8 Å². The highest BCUT2D eigenvalue weighted by molar-refractivity contribution is 6.73. The minimum absolute atomic E-state index is 0.881. The maximum atomic E-state index is 5.47. The highest BCUT2D eigenvalue weighted by Crippen LogP contribution is 2.38. The van der Waals surface area contributed by atoms with E-state index in [-0.39, 0.29) is 0 Å². The van der Waals surface area contributed by atoms with Crippen molar-refractivity contribution in [2.24, 2.45) is 0 Å². The minimum atomic E-state index is -0.889. The van der Waals surface area contributed by atoms with Gasteiger partial charge in [0, 0.05) is 13.2 Å². The molecule has 2 aliphatic heterocycles. The predicted molar refractivity (Wildman–Crippen MR) is 36.0 cm³/mol. The Morgan fingerprint density at radius 3 is 2.22 bits per heavy atom.